The smallest absolute Gasteiger partial charge is 0.328 e. The van der Waals surface area contributed by atoms with Gasteiger partial charge < -0.3 is 24.2 Å². The number of carbonyl (C=O) groups excluding carboxylic acids is 1. The molecule has 0 aromatic heterocycles. The largest absolute Gasteiger partial charge is 0.497 e. The maximum atomic E-state index is 12.3. The summed E-state index contributed by atoms with van der Waals surface area (Å²) in [4.78, 5) is 24.9. The molecule has 1 aliphatic heterocycles. The molecule has 0 saturated carbocycles. The zero-order chi connectivity index (χ0) is 16.8. The Labute approximate surface area is 134 Å². The van der Waals surface area contributed by atoms with Gasteiger partial charge in [-0.2, -0.15) is 0 Å². The fraction of sp³-hybridized carbons (Fsp3) is 0.500. The lowest BCUT2D eigenvalue weighted by Gasteiger charge is -2.32. The summed E-state index contributed by atoms with van der Waals surface area (Å²) >= 11 is 0. The Morgan fingerprint density at radius 1 is 1.26 bits per heavy atom. The van der Waals surface area contributed by atoms with Crippen LogP contribution in [0.25, 0.3) is 0 Å². The van der Waals surface area contributed by atoms with Crippen LogP contribution in [0.2, 0.25) is 0 Å². The van der Waals surface area contributed by atoms with E-state index in [4.69, 9.17) is 14.2 Å². The third-order valence-electron chi connectivity index (χ3n) is 3.77. The molecule has 1 fully saturated rings. The number of aryl methyl sites for hydroxylation is 1. The fourth-order valence-corrected chi connectivity index (χ4v) is 2.51. The number of carboxylic acids is 1. The summed E-state index contributed by atoms with van der Waals surface area (Å²) in [5.41, 5.74) is 0.898. The fourth-order valence-electron chi connectivity index (χ4n) is 2.51. The molecular weight excluding hydrogens is 302 g/mol. The van der Waals surface area contributed by atoms with E-state index in [1.165, 1.54) is 4.90 Å². The average molecular weight is 323 g/mol. The van der Waals surface area contributed by atoms with E-state index in [0.717, 1.165) is 5.56 Å². The molecule has 0 radical (unpaired) electrons. The molecule has 126 valence electrons. The van der Waals surface area contributed by atoms with E-state index < -0.39 is 12.0 Å². The molecular formula is C16H21NO6. The Morgan fingerprint density at radius 2 is 1.91 bits per heavy atom. The Morgan fingerprint density at radius 3 is 2.48 bits per heavy atom. The van der Waals surface area contributed by atoms with Crippen molar-refractivity contribution in [3.63, 3.8) is 0 Å². The van der Waals surface area contributed by atoms with E-state index >= 15 is 0 Å². The number of hydrogen-bond acceptors (Lipinski definition) is 5. The predicted octanol–water partition coefficient (Wildman–Crippen LogP) is 0.948. The third-order valence-corrected chi connectivity index (χ3v) is 3.77. The van der Waals surface area contributed by atoms with Crippen molar-refractivity contribution in [2.24, 2.45) is 0 Å². The highest BCUT2D eigenvalue weighted by Crippen LogP contribution is 2.23. The zero-order valence-corrected chi connectivity index (χ0v) is 13.3. The maximum Gasteiger partial charge on any atom is 0.328 e. The molecule has 7 heteroatoms. The Bertz CT molecular complexity index is 551. The number of nitrogens with zero attached hydrogens (tertiary/aromatic N) is 1. The van der Waals surface area contributed by atoms with Gasteiger partial charge in [0.1, 0.15) is 11.5 Å². The Balaban J connectivity index is 2.02. The van der Waals surface area contributed by atoms with Crippen LogP contribution in [0.5, 0.6) is 11.5 Å². The quantitative estimate of drug-likeness (QED) is 0.839. The lowest BCUT2D eigenvalue weighted by Crippen LogP contribution is -2.52. The lowest BCUT2D eigenvalue weighted by atomic mass is 10.1. The van der Waals surface area contributed by atoms with Gasteiger partial charge in [0, 0.05) is 19.0 Å². The minimum atomic E-state index is -1.04. The number of rotatable bonds is 6. The summed E-state index contributed by atoms with van der Waals surface area (Å²) in [6.45, 7) is 0.702. The molecule has 1 aromatic rings. The first-order valence-corrected chi connectivity index (χ1v) is 7.37. The number of ether oxygens (including phenoxy) is 3. The first kappa shape index (κ1) is 17.1. The minimum absolute atomic E-state index is 0.0358. The van der Waals surface area contributed by atoms with Crippen LogP contribution in [-0.4, -0.2) is 61.9 Å². The predicted molar refractivity (Wildman–Crippen MR) is 81.8 cm³/mol. The van der Waals surface area contributed by atoms with Crippen LogP contribution in [0.3, 0.4) is 0 Å². The number of amides is 1. The number of methoxy groups -OCH3 is 2. The van der Waals surface area contributed by atoms with Gasteiger partial charge in [-0.05, 0) is 24.1 Å². The summed E-state index contributed by atoms with van der Waals surface area (Å²) < 4.78 is 15.5. The summed E-state index contributed by atoms with van der Waals surface area (Å²) in [5, 5.41) is 9.17. The summed E-state index contributed by atoms with van der Waals surface area (Å²) in [7, 11) is 3.13. The van der Waals surface area contributed by atoms with Crippen LogP contribution in [0.15, 0.2) is 18.2 Å². The molecule has 1 saturated heterocycles. The number of morpholine rings is 1. The number of carboxylic acid groups (broad SMARTS) is 1. The topological polar surface area (TPSA) is 85.3 Å². The molecule has 1 amide bonds. The second-order valence-corrected chi connectivity index (χ2v) is 5.24. The molecule has 1 N–H and O–H groups in total. The van der Waals surface area contributed by atoms with Crippen molar-refractivity contribution in [3.8, 4) is 11.5 Å². The molecule has 0 aliphatic carbocycles. The van der Waals surface area contributed by atoms with Crippen LogP contribution in [0.4, 0.5) is 0 Å². The molecule has 0 spiro atoms. The minimum Gasteiger partial charge on any atom is -0.497 e. The highest BCUT2D eigenvalue weighted by molar-refractivity contribution is 5.84. The van der Waals surface area contributed by atoms with Crippen LogP contribution in [0.1, 0.15) is 12.0 Å². The van der Waals surface area contributed by atoms with Gasteiger partial charge in [0.25, 0.3) is 0 Å². The second-order valence-electron chi connectivity index (χ2n) is 5.24. The molecule has 1 heterocycles. The summed E-state index contributed by atoms with van der Waals surface area (Å²) in [5.74, 6) is 0.0757. The molecule has 23 heavy (non-hydrogen) atoms. The average Bonchev–Trinajstić information content (AvgIpc) is 2.59. The van der Waals surface area contributed by atoms with Gasteiger partial charge in [0.2, 0.25) is 5.91 Å². The highest BCUT2D eigenvalue weighted by atomic mass is 16.5. The highest BCUT2D eigenvalue weighted by Gasteiger charge is 2.32. The van der Waals surface area contributed by atoms with Crippen LogP contribution in [0, 0.1) is 0 Å². The van der Waals surface area contributed by atoms with Gasteiger partial charge in [-0.25, -0.2) is 4.79 Å². The number of hydrogen-bond donors (Lipinski definition) is 1. The lowest BCUT2D eigenvalue weighted by molar-refractivity contribution is -0.158. The van der Waals surface area contributed by atoms with Gasteiger partial charge >= 0.3 is 5.97 Å². The molecule has 1 aliphatic rings. The Hall–Kier alpha value is -2.28. The van der Waals surface area contributed by atoms with E-state index in [1.807, 2.05) is 12.1 Å². The second kappa shape index (κ2) is 7.82. The monoisotopic (exact) mass is 323 g/mol. The van der Waals surface area contributed by atoms with Gasteiger partial charge in [-0.3, -0.25) is 4.79 Å². The zero-order valence-electron chi connectivity index (χ0n) is 13.3. The van der Waals surface area contributed by atoms with Crippen LogP contribution >= 0.6 is 0 Å². The van der Waals surface area contributed by atoms with E-state index in [9.17, 15) is 14.7 Å². The SMILES string of the molecule is COc1cc(CCC(=O)N2CCOC[C@@H]2C(=O)O)cc(OC)c1. The van der Waals surface area contributed by atoms with E-state index in [-0.39, 0.29) is 18.9 Å². The van der Waals surface area contributed by atoms with Crippen molar-refractivity contribution >= 4 is 11.9 Å². The van der Waals surface area contributed by atoms with Gasteiger partial charge in [0.15, 0.2) is 6.04 Å². The maximum absolute atomic E-state index is 12.3. The molecule has 0 bridgehead atoms. The van der Waals surface area contributed by atoms with Crippen LogP contribution < -0.4 is 9.47 Å². The molecule has 1 atom stereocenters. The summed E-state index contributed by atoms with van der Waals surface area (Å²) in [6, 6.07) is 4.53. The van der Waals surface area contributed by atoms with Crippen molar-refractivity contribution in [1.82, 2.24) is 4.90 Å². The summed E-state index contributed by atoms with van der Waals surface area (Å²) in [6.07, 6.45) is 0.705. The third kappa shape index (κ3) is 4.35. The van der Waals surface area contributed by atoms with Gasteiger partial charge in [0.05, 0.1) is 27.4 Å². The normalized spacial score (nSPS) is 17.7. The van der Waals surface area contributed by atoms with Crippen LogP contribution in [-0.2, 0) is 20.7 Å². The van der Waals surface area contributed by atoms with E-state index in [1.54, 1.807) is 20.3 Å². The molecule has 0 unspecified atom stereocenters. The van der Waals surface area contributed by atoms with E-state index in [2.05, 4.69) is 0 Å². The first-order chi connectivity index (χ1) is 11.0. The first-order valence-electron chi connectivity index (χ1n) is 7.37. The van der Waals surface area contributed by atoms with Gasteiger partial charge in [-0.15, -0.1) is 0 Å². The molecule has 1 aromatic carbocycles. The number of benzene rings is 1. The Kier molecular flexibility index (Phi) is 5.81. The standard InChI is InChI=1S/C16H21NO6/c1-21-12-7-11(8-13(9-12)22-2)3-4-15(18)17-5-6-23-10-14(17)16(19)20/h7-9,14H,3-6,10H2,1-2H3,(H,19,20)/t14-/m1/s1. The van der Waals surface area contributed by atoms with Crippen molar-refractivity contribution < 1.29 is 28.9 Å². The van der Waals surface area contributed by atoms with Crippen molar-refractivity contribution in [1.29, 1.82) is 0 Å². The van der Waals surface area contributed by atoms with E-state index in [0.29, 0.717) is 31.1 Å². The van der Waals surface area contributed by atoms with Crippen molar-refractivity contribution in [2.45, 2.75) is 18.9 Å². The molecule has 7 nitrogen and oxygen atoms in total. The van der Waals surface area contributed by atoms with Gasteiger partial charge in [-0.1, -0.05) is 0 Å². The van der Waals surface area contributed by atoms with Crippen molar-refractivity contribution in [3.05, 3.63) is 23.8 Å². The molecule has 2 rings (SSSR count). The van der Waals surface area contributed by atoms with Crippen molar-refractivity contribution in [2.75, 3.05) is 34.0 Å². The number of aliphatic carboxylic acids is 1. The number of carbonyl (C=O) groups is 2.